The van der Waals surface area contributed by atoms with E-state index in [-0.39, 0.29) is 23.0 Å². The van der Waals surface area contributed by atoms with E-state index >= 15 is 0 Å². The van der Waals surface area contributed by atoms with Gasteiger partial charge >= 0.3 is 5.97 Å². The van der Waals surface area contributed by atoms with Crippen LogP contribution in [-0.4, -0.2) is 62.3 Å². The molecule has 29 heavy (non-hydrogen) atoms. The third kappa shape index (κ3) is 5.17. The van der Waals surface area contributed by atoms with Crippen molar-refractivity contribution < 1.29 is 22.7 Å². The summed E-state index contributed by atoms with van der Waals surface area (Å²) in [7, 11) is -3.64. The fraction of sp³-hybridized carbons (Fsp3) is 0.619. The number of hydrogen-bond donors (Lipinski definition) is 0. The third-order valence-electron chi connectivity index (χ3n) is 5.72. The minimum absolute atomic E-state index is 0.0909. The molecule has 2 fully saturated rings. The molecule has 1 amide bonds. The van der Waals surface area contributed by atoms with Gasteiger partial charge in [0.05, 0.1) is 10.5 Å². The number of carbonyl (C=O) groups is 2. The van der Waals surface area contributed by atoms with Crippen molar-refractivity contribution in [3.05, 3.63) is 29.3 Å². The minimum Gasteiger partial charge on any atom is -0.452 e. The molecule has 0 aromatic heterocycles. The van der Waals surface area contributed by atoms with E-state index in [9.17, 15) is 18.0 Å². The van der Waals surface area contributed by atoms with Gasteiger partial charge in [-0.1, -0.05) is 19.4 Å². The van der Waals surface area contributed by atoms with Crippen LogP contribution in [-0.2, 0) is 19.6 Å². The quantitative estimate of drug-likeness (QED) is 0.681. The minimum atomic E-state index is -3.64. The Kier molecular flexibility index (Phi) is 6.95. The van der Waals surface area contributed by atoms with Gasteiger partial charge in [0.2, 0.25) is 10.0 Å². The third-order valence-corrected chi connectivity index (χ3v) is 7.61. The predicted molar refractivity (Wildman–Crippen MR) is 109 cm³/mol. The fourth-order valence-corrected chi connectivity index (χ4v) is 5.49. The maximum atomic E-state index is 12.9. The zero-order valence-corrected chi connectivity index (χ0v) is 18.0. The SMILES string of the molecule is Cc1ccc(S(=O)(=O)N2CCCCC2)cc1C(=O)OCC(=O)N1CCC[C@@H](C)C1. The molecule has 2 aliphatic heterocycles. The normalized spacial score (nSPS) is 21.0. The molecule has 0 spiro atoms. The second-order valence-corrected chi connectivity index (χ2v) is 10.0. The lowest BCUT2D eigenvalue weighted by molar-refractivity contribution is -0.136. The van der Waals surface area contributed by atoms with Crippen molar-refractivity contribution in [2.45, 2.75) is 50.8 Å². The van der Waals surface area contributed by atoms with Crippen molar-refractivity contribution in [1.82, 2.24) is 9.21 Å². The van der Waals surface area contributed by atoms with E-state index in [4.69, 9.17) is 4.74 Å². The molecule has 1 aromatic rings. The van der Waals surface area contributed by atoms with E-state index in [1.165, 1.54) is 16.4 Å². The molecule has 0 aliphatic carbocycles. The van der Waals surface area contributed by atoms with Gasteiger partial charge < -0.3 is 9.64 Å². The first-order valence-corrected chi connectivity index (χ1v) is 11.8. The molecule has 0 radical (unpaired) electrons. The first-order chi connectivity index (χ1) is 13.8. The van der Waals surface area contributed by atoms with Crippen LogP contribution in [0.3, 0.4) is 0 Å². The zero-order chi connectivity index (χ0) is 21.0. The molecule has 0 bridgehead atoms. The number of esters is 1. The molecule has 160 valence electrons. The Morgan fingerprint density at radius 2 is 1.83 bits per heavy atom. The number of carbonyl (C=O) groups excluding carboxylic acids is 2. The van der Waals surface area contributed by atoms with Crippen molar-refractivity contribution in [1.29, 1.82) is 0 Å². The zero-order valence-electron chi connectivity index (χ0n) is 17.2. The molecule has 8 heteroatoms. The fourth-order valence-electron chi connectivity index (χ4n) is 3.95. The summed E-state index contributed by atoms with van der Waals surface area (Å²) in [5.74, 6) is -0.432. The highest BCUT2D eigenvalue weighted by Crippen LogP contribution is 2.23. The molecule has 0 N–H and O–H groups in total. The Balaban J connectivity index is 1.69. The lowest BCUT2D eigenvalue weighted by Crippen LogP contribution is -2.41. The first-order valence-electron chi connectivity index (χ1n) is 10.3. The van der Waals surface area contributed by atoms with Gasteiger partial charge in [-0.2, -0.15) is 4.31 Å². The molecule has 1 atom stereocenters. The molecule has 0 unspecified atom stereocenters. The van der Waals surface area contributed by atoms with Gasteiger partial charge in [-0.15, -0.1) is 0 Å². The molecule has 2 aliphatic rings. The summed E-state index contributed by atoms with van der Waals surface area (Å²) in [6.45, 7) is 5.86. The highest BCUT2D eigenvalue weighted by molar-refractivity contribution is 7.89. The number of likely N-dealkylation sites (tertiary alicyclic amines) is 1. The maximum absolute atomic E-state index is 12.9. The van der Waals surface area contributed by atoms with Gasteiger partial charge in [-0.05, 0) is 56.2 Å². The van der Waals surface area contributed by atoms with E-state index in [1.807, 2.05) is 0 Å². The topological polar surface area (TPSA) is 84.0 Å². The average Bonchev–Trinajstić information content (AvgIpc) is 2.72. The number of benzene rings is 1. The Hall–Kier alpha value is -1.93. The van der Waals surface area contributed by atoms with Crippen LogP contribution < -0.4 is 0 Å². The van der Waals surface area contributed by atoms with E-state index in [0.29, 0.717) is 37.7 Å². The van der Waals surface area contributed by atoms with E-state index in [1.54, 1.807) is 17.9 Å². The number of rotatable bonds is 5. The summed E-state index contributed by atoms with van der Waals surface area (Å²) in [6.07, 6.45) is 4.77. The largest absolute Gasteiger partial charge is 0.452 e. The van der Waals surface area contributed by atoms with Crippen molar-refractivity contribution in [2.24, 2.45) is 5.92 Å². The van der Waals surface area contributed by atoms with E-state index in [2.05, 4.69) is 6.92 Å². The Morgan fingerprint density at radius 1 is 1.10 bits per heavy atom. The second kappa shape index (κ2) is 9.26. The van der Waals surface area contributed by atoms with Gasteiger partial charge in [0.25, 0.3) is 5.91 Å². The van der Waals surface area contributed by atoms with Gasteiger partial charge in [0, 0.05) is 26.2 Å². The van der Waals surface area contributed by atoms with Gasteiger partial charge in [0.15, 0.2) is 6.61 Å². The lowest BCUT2D eigenvalue weighted by atomic mass is 10.0. The molecule has 1 aromatic carbocycles. The van der Waals surface area contributed by atoms with Crippen molar-refractivity contribution >= 4 is 21.9 Å². The number of sulfonamides is 1. The van der Waals surface area contributed by atoms with Gasteiger partial charge in [-0.25, -0.2) is 13.2 Å². The van der Waals surface area contributed by atoms with Crippen molar-refractivity contribution in [2.75, 3.05) is 32.8 Å². The number of amides is 1. The van der Waals surface area contributed by atoms with Crippen LogP contribution in [0.25, 0.3) is 0 Å². The summed E-state index contributed by atoms with van der Waals surface area (Å²) in [5, 5.41) is 0. The number of hydrogen-bond acceptors (Lipinski definition) is 5. The van der Waals surface area contributed by atoms with Crippen LogP contribution in [0.15, 0.2) is 23.1 Å². The van der Waals surface area contributed by atoms with Gasteiger partial charge in [0.1, 0.15) is 0 Å². The van der Waals surface area contributed by atoms with Crippen LogP contribution in [0.1, 0.15) is 54.9 Å². The van der Waals surface area contributed by atoms with Crippen molar-refractivity contribution in [3.63, 3.8) is 0 Å². The number of ether oxygens (including phenoxy) is 1. The monoisotopic (exact) mass is 422 g/mol. The van der Waals surface area contributed by atoms with Gasteiger partial charge in [-0.3, -0.25) is 4.79 Å². The van der Waals surface area contributed by atoms with E-state index < -0.39 is 16.0 Å². The summed E-state index contributed by atoms with van der Waals surface area (Å²) in [6, 6.07) is 4.51. The highest BCUT2D eigenvalue weighted by atomic mass is 32.2. The number of aryl methyl sites for hydroxylation is 1. The van der Waals surface area contributed by atoms with Crippen LogP contribution in [0, 0.1) is 12.8 Å². The number of piperidine rings is 2. The Bertz CT molecular complexity index is 862. The molecule has 2 heterocycles. The average molecular weight is 423 g/mol. The highest BCUT2D eigenvalue weighted by Gasteiger charge is 2.28. The van der Waals surface area contributed by atoms with Crippen molar-refractivity contribution in [3.8, 4) is 0 Å². The molecule has 2 saturated heterocycles. The second-order valence-electron chi connectivity index (χ2n) is 8.10. The van der Waals surface area contributed by atoms with Crippen LogP contribution in [0.4, 0.5) is 0 Å². The predicted octanol–water partition coefficient (Wildman–Crippen LogP) is 2.58. The first kappa shape index (κ1) is 21.8. The summed E-state index contributed by atoms with van der Waals surface area (Å²) in [4.78, 5) is 26.7. The molecule has 0 saturated carbocycles. The lowest BCUT2D eigenvalue weighted by Gasteiger charge is -2.30. The summed E-state index contributed by atoms with van der Waals surface area (Å²) >= 11 is 0. The molecule has 7 nitrogen and oxygen atoms in total. The smallest absolute Gasteiger partial charge is 0.338 e. The summed E-state index contributed by atoms with van der Waals surface area (Å²) < 4.78 is 32.5. The number of nitrogens with zero attached hydrogens (tertiary/aromatic N) is 2. The van der Waals surface area contributed by atoms with Crippen LogP contribution in [0.2, 0.25) is 0 Å². The molecular weight excluding hydrogens is 392 g/mol. The van der Waals surface area contributed by atoms with E-state index in [0.717, 1.165) is 32.1 Å². The standard InChI is InChI=1S/C21H30N2O5S/c1-16-7-6-10-22(14-16)20(24)15-28-21(25)19-13-18(9-8-17(19)2)29(26,27)23-11-4-3-5-12-23/h8-9,13,16H,3-7,10-12,14-15H2,1-2H3/t16-/m1/s1. The van der Waals surface area contributed by atoms with Crippen LogP contribution >= 0.6 is 0 Å². The van der Waals surface area contributed by atoms with Crippen LogP contribution in [0.5, 0.6) is 0 Å². The Morgan fingerprint density at radius 3 is 2.52 bits per heavy atom. The maximum Gasteiger partial charge on any atom is 0.338 e. The molecular formula is C21H30N2O5S. The Labute approximate surface area is 173 Å². The molecule has 3 rings (SSSR count). The summed E-state index contributed by atoms with van der Waals surface area (Å²) in [5.41, 5.74) is 0.800.